The van der Waals surface area contributed by atoms with Crippen molar-refractivity contribution in [2.75, 3.05) is 11.5 Å². The zero-order valence-corrected chi connectivity index (χ0v) is 8.20. The topological polar surface area (TPSA) is 37.3 Å². The van der Waals surface area contributed by atoms with Crippen LogP contribution in [0, 0.1) is 5.41 Å². The van der Waals surface area contributed by atoms with Gasteiger partial charge in [-0.2, -0.15) is 11.8 Å². The fourth-order valence-corrected chi connectivity index (χ4v) is 1.52. The molecular formula is C8H16O2S. The number of rotatable bonds is 5. The Morgan fingerprint density at radius 2 is 2.09 bits per heavy atom. The lowest BCUT2D eigenvalue weighted by Gasteiger charge is -2.17. The Morgan fingerprint density at radius 1 is 1.55 bits per heavy atom. The van der Waals surface area contributed by atoms with Gasteiger partial charge in [-0.3, -0.25) is 4.79 Å². The van der Waals surface area contributed by atoms with Crippen LogP contribution in [-0.2, 0) is 4.79 Å². The second-order valence-electron chi connectivity index (χ2n) is 3.14. The van der Waals surface area contributed by atoms with E-state index in [-0.39, 0.29) is 0 Å². The summed E-state index contributed by atoms with van der Waals surface area (Å²) in [5.74, 6) is 1.31. The van der Waals surface area contributed by atoms with Gasteiger partial charge in [0.1, 0.15) is 0 Å². The van der Waals surface area contributed by atoms with Gasteiger partial charge in [-0.05, 0) is 31.8 Å². The molecule has 0 heterocycles. The summed E-state index contributed by atoms with van der Waals surface area (Å²) in [4.78, 5) is 10.6. The van der Waals surface area contributed by atoms with Crippen molar-refractivity contribution >= 4 is 17.7 Å². The predicted molar refractivity (Wildman–Crippen MR) is 49.0 cm³/mol. The Labute approximate surface area is 72.4 Å². The monoisotopic (exact) mass is 176 g/mol. The van der Waals surface area contributed by atoms with E-state index in [1.165, 1.54) is 0 Å². The molecule has 1 N–H and O–H groups in total. The van der Waals surface area contributed by atoms with E-state index in [4.69, 9.17) is 5.11 Å². The Balaban J connectivity index is 3.64. The molecule has 0 atom stereocenters. The second-order valence-corrected chi connectivity index (χ2v) is 4.53. The standard InChI is InChI=1S/C8H16O2S/c1-4-11-6-5-8(2,3)7(9)10/h4-6H2,1-3H3,(H,9,10). The Morgan fingerprint density at radius 3 is 2.45 bits per heavy atom. The normalized spacial score (nSPS) is 11.5. The first kappa shape index (κ1) is 10.8. The van der Waals surface area contributed by atoms with Crippen LogP contribution < -0.4 is 0 Å². The number of carbonyl (C=O) groups is 1. The molecule has 3 heteroatoms. The van der Waals surface area contributed by atoms with Crippen molar-refractivity contribution in [3.63, 3.8) is 0 Å². The maximum Gasteiger partial charge on any atom is 0.309 e. The maximum absolute atomic E-state index is 10.6. The highest BCUT2D eigenvalue weighted by atomic mass is 32.2. The molecule has 0 aliphatic carbocycles. The highest BCUT2D eigenvalue weighted by molar-refractivity contribution is 7.99. The Bertz CT molecular complexity index is 132. The zero-order valence-electron chi connectivity index (χ0n) is 7.39. The average molecular weight is 176 g/mol. The number of carboxylic acid groups (broad SMARTS) is 1. The minimum absolute atomic E-state index is 0.553. The third kappa shape index (κ3) is 4.30. The zero-order chi connectivity index (χ0) is 8.91. The van der Waals surface area contributed by atoms with Crippen LogP contribution in [0.1, 0.15) is 27.2 Å². The van der Waals surface area contributed by atoms with E-state index in [0.717, 1.165) is 17.9 Å². The van der Waals surface area contributed by atoms with Crippen LogP contribution in [0.15, 0.2) is 0 Å². The number of thioether (sulfide) groups is 1. The first-order valence-corrected chi connectivity index (χ1v) is 4.97. The Hall–Kier alpha value is -0.180. The van der Waals surface area contributed by atoms with E-state index < -0.39 is 11.4 Å². The molecule has 0 fully saturated rings. The minimum atomic E-state index is -0.700. The summed E-state index contributed by atoms with van der Waals surface area (Å²) in [6, 6.07) is 0. The summed E-state index contributed by atoms with van der Waals surface area (Å²) in [5.41, 5.74) is -0.553. The molecule has 0 aromatic carbocycles. The molecule has 0 saturated carbocycles. The number of aliphatic carboxylic acids is 1. The fraction of sp³-hybridized carbons (Fsp3) is 0.875. The highest BCUT2D eigenvalue weighted by Gasteiger charge is 2.25. The minimum Gasteiger partial charge on any atom is -0.481 e. The van der Waals surface area contributed by atoms with Crippen LogP contribution >= 0.6 is 11.8 Å². The summed E-state index contributed by atoms with van der Waals surface area (Å²) in [6.45, 7) is 5.62. The third-order valence-corrected chi connectivity index (χ3v) is 2.56. The van der Waals surface area contributed by atoms with E-state index in [9.17, 15) is 4.79 Å². The Kier molecular flexibility index (Phi) is 4.57. The predicted octanol–water partition coefficient (Wildman–Crippen LogP) is 2.24. The summed E-state index contributed by atoms with van der Waals surface area (Å²) in [6.07, 6.45) is 0.751. The van der Waals surface area contributed by atoms with Gasteiger partial charge in [0, 0.05) is 0 Å². The number of hydrogen-bond donors (Lipinski definition) is 1. The first-order valence-electron chi connectivity index (χ1n) is 3.82. The van der Waals surface area contributed by atoms with Gasteiger partial charge in [0.25, 0.3) is 0 Å². The van der Waals surface area contributed by atoms with E-state index >= 15 is 0 Å². The van der Waals surface area contributed by atoms with Crippen LogP contribution in [0.25, 0.3) is 0 Å². The van der Waals surface area contributed by atoms with Gasteiger partial charge in [0.2, 0.25) is 0 Å². The molecule has 0 spiro atoms. The SMILES string of the molecule is CCSCCC(C)(C)C(=O)O. The van der Waals surface area contributed by atoms with Gasteiger partial charge in [-0.15, -0.1) is 0 Å². The molecule has 0 unspecified atom stereocenters. The number of carboxylic acids is 1. The van der Waals surface area contributed by atoms with Gasteiger partial charge in [0.05, 0.1) is 5.41 Å². The van der Waals surface area contributed by atoms with Crippen molar-refractivity contribution in [2.24, 2.45) is 5.41 Å². The van der Waals surface area contributed by atoms with Gasteiger partial charge >= 0.3 is 5.97 Å². The molecule has 0 aliphatic rings. The van der Waals surface area contributed by atoms with Gasteiger partial charge in [-0.25, -0.2) is 0 Å². The van der Waals surface area contributed by atoms with E-state index in [2.05, 4.69) is 6.92 Å². The molecule has 66 valence electrons. The van der Waals surface area contributed by atoms with Crippen LogP contribution in [0.4, 0.5) is 0 Å². The third-order valence-electron chi connectivity index (χ3n) is 1.65. The van der Waals surface area contributed by atoms with Gasteiger partial charge in [0.15, 0.2) is 0 Å². The highest BCUT2D eigenvalue weighted by Crippen LogP contribution is 2.22. The lowest BCUT2D eigenvalue weighted by atomic mass is 9.91. The van der Waals surface area contributed by atoms with Crippen molar-refractivity contribution in [1.82, 2.24) is 0 Å². The van der Waals surface area contributed by atoms with Crippen LogP contribution in [0.3, 0.4) is 0 Å². The maximum atomic E-state index is 10.6. The quantitative estimate of drug-likeness (QED) is 0.653. The molecule has 0 aromatic heterocycles. The molecule has 0 aliphatic heterocycles. The summed E-state index contributed by atoms with van der Waals surface area (Å²) < 4.78 is 0. The molecule has 0 amide bonds. The summed E-state index contributed by atoms with van der Waals surface area (Å²) >= 11 is 1.79. The van der Waals surface area contributed by atoms with Crippen LogP contribution in [0.5, 0.6) is 0 Å². The van der Waals surface area contributed by atoms with E-state index in [0.29, 0.717) is 0 Å². The average Bonchev–Trinajstić information content (AvgIpc) is 1.88. The number of hydrogen-bond acceptors (Lipinski definition) is 2. The molecule has 0 saturated heterocycles. The van der Waals surface area contributed by atoms with Crippen molar-refractivity contribution < 1.29 is 9.90 Å². The first-order chi connectivity index (χ1) is 5.00. The van der Waals surface area contributed by atoms with Crippen molar-refractivity contribution in [1.29, 1.82) is 0 Å². The lowest BCUT2D eigenvalue weighted by Crippen LogP contribution is -2.24. The summed E-state index contributed by atoms with van der Waals surface area (Å²) in [7, 11) is 0. The van der Waals surface area contributed by atoms with Crippen molar-refractivity contribution in [3.8, 4) is 0 Å². The molecule has 0 radical (unpaired) electrons. The largest absolute Gasteiger partial charge is 0.481 e. The van der Waals surface area contributed by atoms with Crippen LogP contribution in [0.2, 0.25) is 0 Å². The van der Waals surface area contributed by atoms with E-state index in [1.54, 1.807) is 25.6 Å². The van der Waals surface area contributed by atoms with Gasteiger partial charge in [-0.1, -0.05) is 6.92 Å². The smallest absolute Gasteiger partial charge is 0.309 e. The summed E-state index contributed by atoms with van der Waals surface area (Å²) in [5, 5.41) is 8.73. The van der Waals surface area contributed by atoms with Crippen LogP contribution in [-0.4, -0.2) is 22.6 Å². The molecule has 0 bridgehead atoms. The van der Waals surface area contributed by atoms with Crippen molar-refractivity contribution in [2.45, 2.75) is 27.2 Å². The van der Waals surface area contributed by atoms with Crippen molar-refractivity contribution in [3.05, 3.63) is 0 Å². The second kappa shape index (κ2) is 4.65. The lowest BCUT2D eigenvalue weighted by molar-refractivity contribution is -0.146. The molecular weight excluding hydrogens is 160 g/mol. The fourth-order valence-electron chi connectivity index (χ4n) is 0.579. The molecule has 11 heavy (non-hydrogen) atoms. The molecule has 0 aromatic rings. The molecule has 0 rings (SSSR count). The molecule has 2 nitrogen and oxygen atoms in total. The van der Waals surface area contributed by atoms with E-state index in [1.807, 2.05) is 0 Å². The van der Waals surface area contributed by atoms with Gasteiger partial charge < -0.3 is 5.11 Å².